The number of ether oxygens (including phenoxy) is 2. The van der Waals surface area contributed by atoms with Crippen molar-refractivity contribution in [2.75, 3.05) is 19.5 Å². The zero-order valence-electron chi connectivity index (χ0n) is 13.6. The van der Waals surface area contributed by atoms with E-state index in [9.17, 15) is 18.0 Å². The van der Waals surface area contributed by atoms with E-state index in [0.717, 1.165) is 6.26 Å². The van der Waals surface area contributed by atoms with E-state index in [1.165, 1.54) is 0 Å². The molecule has 1 aliphatic rings. The number of hydrogen-bond acceptors (Lipinski definition) is 6. The minimum Gasteiger partial charge on any atom is -0.465 e. The van der Waals surface area contributed by atoms with E-state index >= 15 is 0 Å². The van der Waals surface area contributed by atoms with Crippen molar-refractivity contribution in [3.8, 4) is 0 Å². The highest BCUT2D eigenvalue weighted by molar-refractivity contribution is 7.91. The van der Waals surface area contributed by atoms with Crippen LogP contribution in [0, 0.1) is 5.41 Å². The Morgan fingerprint density at radius 2 is 1.54 bits per heavy atom. The molecule has 1 fully saturated rings. The van der Waals surface area contributed by atoms with E-state index in [4.69, 9.17) is 21.1 Å². The van der Waals surface area contributed by atoms with Gasteiger partial charge in [-0.25, -0.2) is 8.42 Å². The van der Waals surface area contributed by atoms with Crippen LogP contribution in [-0.4, -0.2) is 45.1 Å². The maximum atomic E-state index is 12.5. The molecule has 0 amide bonds. The molecule has 1 saturated carbocycles. The normalized spacial score (nSPS) is 21.8. The first kappa shape index (κ1) is 18.7. The van der Waals surface area contributed by atoms with E-state index in [-0.39, 0.29) is 13.2 Å². The van der Waals surface area contributed by atoms with Crippen molar-refractivity contribution in [3.63, 3.8) is 0 Å². The molecule has 0 unspecified atom stereocenters. The van der Waals surface area contributed by atoms with Crippen LogP contribution in [0.1, 0.15) is 25.3 Å². The van der Waals surface area contributed by atoms with Crippen molar-refractivity contribution in [2.24, 2.45) is 5.41 Å². The van der Waals surface area contributed by atoms with Crippen molar-refractivity contribution < 1.29 is 27.5 Å². The van der Waals surface area contributed by atoms with Gasteiger partial charge in [0, 0.05) is 17.2 Å². The fraction of sp³-hybridized carbons (Fsp3) is 0.500. The average Bonchev–Trinajstić information content (AvgIpc) is 3.20. The van der Waals surface area contributed by atoms with Gasteiger partial charge in [-0.3, -0.25) is 9.59 Å². The molecule has 8 heteroatoms. The lowest BCUT2D eigenvalue weighted by molar-refractivity contribution is -0.164. The van der Waals surface area contributed by atoms with Gasteiger partial charge < -0.3 is 9.47 Å². The van der Waals surface area contributed by atoms with Gasteiger partial charge >= 0.3 is 11.9 Å². The Balaban J connectivity index is 2.58. The van der Waals surface area contributed by atoms with Gasteiger partial charge in [0.25, 0.3) is 0 Å². The summed E-state index contributed by atoms with van der Waals surface area (Å²) in [5.74, 6) is -2.61. The number of hydrogen-bond donors (Lipinski definition) is 0. The highest BCUT2D eigenvalue weighted by Crippen LogP contribution is 2.64. The smallest absolute Gasteiger partial charge is 0.325 e. The zero-order chi connectivity index (χ0) is 18.1. The van der Waals surface area contributed by atoms with E-state index in [1.54, 1.807) is 38.1 Å². The third kappa shape index (κ3) is 3.02. The molecular weight excluding hydrogens is 356 g/mol. The minimum absolute atomic E-state index is 0.0316. The Morgan fingerprint density at radius 3 is 1.92 bits per heavy atom. The highest BCUT2D eigenvalue weighted by atomic mass is 35.5. The standard InChI is InChI=1S/C16H19ClO6S/c1-4-22-14(18)16(15(19)23-5-2)12(13(16)24(3,20)21)10-6-8-11(17)9-7-10/h6-9,12-13H,4-5H2,1-3H3/t12-,13-/m1/s1. The molecule has 24 heavy (non-hydrogen) atoms. The molecule has 0 spiro atoms. The lowest BCUT2D eigenvalue weighted by Crippen LogP contribution is -2.35. The number of rotatable bonds is 6. The average molecular weight is 375 g/mol. The van der Waals surface area contributed by atoms with Crippen LogP contribution in [0.25, 0.3) is 0 Å². The minimum atomic E-state index is -3.71. The fourth-order valence-electron chi connectivity index (χ4n) is 3.12. The van der Waals surface area contributed by atoms with Crippen LogP contribution in [0.5, 0.6) is 0 Å². The second-order valence-electron chi connectivity index (χ2n) is 5.59. The molecule has 0 radical (unpaired) electrons. The molecule has 0 saturated heterocycles. The summed E-state index contributed by atoms with van der Waals surface area (Å²) in [4.78, 5) is 25.1. The van der Waals surface area contributed by atoms with Crippen LogP contribution >= 0.6 is 11.6 Å². The van der Waals surface area contributed by atoms with Gasteiger partial charge in [0.15, 0.2) is 15.3 Å². The van der Waals surface area contributed by atoms with Crippen LogP contribution in [0.15, 0.2) is 24.3 Å². The Bertz CT molecular complexity index is 722. The van der Waals surface area contributed by atoms with E-state index in [2.05, 4.69) is 0 Å². The molecular formula is C16H19ClO6S. The molecule has 0 aliphatic heterocycles. The van der Waals surface area contributed by atoms with Crippen molar-refractivity contribution in [1.82, 2.24) is 0 Å². The van der Waals surface area contributed by atoms with Crippen molar-refractivity contribution in [2.45, 2.75) is 25.0 Å². The third-order valence-corrected chi connectivity index (χ3v) is 5.87. The molecule has 0 N–H and O–H groups in total. The van der Waals surface area contributed by atoms with Gasteiger partial charge in [-0.2, -0.15) is 0 Å². The van der Waals surface area contributed by atoms with E-state index < -0.39 is 38.4 Å². The number of benzene rings is 1. The second-order valence-corrected chi connectivity index (χ2v) is 8.19. The predicted octanol–water partition coefficient (Wildman–Crippen LogP) is 1.96. The predicted molar refractivity (Wildman–Crippen MR) is 88.5 cm³/mol. The lowest BCUT2D eigenvalue weighted by Gasteiger charge is -2.15. The van der Waals surface area contributed by atoms with Crippen LogP contribution in [-0.2, 0) is 28.9 Å². The molecule has 2 atom stereocenters. The highest BCUT2D eigenvalue weighted by Gasteiger charge is 2.80. The first-order valence-corrected chi connectivity index (χ1v) is 9.83. The molecule has 0 heterocycles. The second kappa shape index (κ2) is 6.72. The topological polar surface area (TPSA) is 86.7 Å². The van der Waals surface area contributed by atoms with Crippen molar-refractivity contribution >= 4 is 33.4 Å². The van der Waals surface area contributed by atoms with Gasteiger partial charge in [0.05, 0.1) is 18.5 Å². The zero-order valence-corrected chi connectivity index (χ0v) is 15.2. The van der Waals surface area contributed by atoms with Gasteiger partial charge in [0.1, 0.15) is 0 Å². The van der Waals surface area contributed by atoms with Crippen LogP contribution in [0.3, 0.4) is 0 Å². The first-order valence-electron chi connectivity index (χ1n) is 7.50. The number of carbonyl (C=O) groups is 2. The molecule has 6 nitrogen and oxygen atoms in total. The quantitative estimate of drug-likeness (QED) is 0.558. The maximum absolute atomic E-state index is 12.5. The van der Waals surface area contributed by atoms with Crippen molar-refractivity contribution in [1.29, 1.82) is 0 Å². The molecule has 2 rings (SSSR count). The van der Waals surface area contributed by atoms with Gasteiger partial charge in [-0.15, -0.1) is 0 Å². The molecule has 1 aromatic carbocycles. The summed E-state index contributed by atoms with van der Waals surface area (Å²) in [6.45, 7) is 3.24. The summed E-state index contributed by atoms with van der Waals surface area (Å²) >= 11 is 5.86. The molecule has 0 bridgehead atoms. The Morgan fingerprint density at radius 1 is 1.08 bits per heavy atom. The summed E-state index contributed by atoms with van der Waals surface area (Å²) in [7, 11) is -3.71. The molecule has 1 aliphatic carbocycles. The molecule has 132 valence electrons. The first-order chi connectivity index (χ1) is 11.2. The van der Waals surface area contributed by atoms with E-state index in [0.29, 0.717) is 10.6 Å². The number of halogens is 1. The van der Waals surface area contributed by atoms with Crippen molar-refractivity contribution in [3.05, 3.63) is 34.9 Å². The summed E-state index contributed by atoms with van der Waals surface area (Å²) in [6.07, 6.45) is 1.00. The maximum Gasteiger partial charge on any atom is 0.325 e. The van der Waals surface area contributed by atoms with Gasteiger partial charge in [0.2, 0.25) is 0 Å². The monoisotopic (exact) mass is 374 g/mol. The summed E-state index contributed by atoms with van der Waals surface area (Å²) in [6, 6.07) is 6.36. The van der Waals surface area contributed by atoms with Crippen LogP contribution < -0.4 is 0 Å². The van der Waals surface area contributed by atoms with Crippen LogP contribution in [0.2, 0.25) is 5.02 Å². The number of sulfone groups is 1. The molecule has 1 aromatic rings. The Hall–Kier alpha value is -1.60. The Kier molecular flexibility index (Phi) is 5.25. The number of carbonyl (C=O) groups excluding carboxylic acids is 2. The van der Waals surface area contributed by atoms with Gasteiger partial charge in [-0.1, -0.05) is 23.7 Å². The van der Waals surface area contributed by atoms with Crippen LogP contribution in [0.4, 0.5) is 0 Å². The summed E-state index contributed by atoms with van der Waals surface area (Å²) < 4.78 is 34.5. The Labute approximate surface area is 146 Å². The van der Waals surface area contributed by atoms with E-state index in [1.807, 2.05) is 0 Å². The van der Waals surface area contributed by atoms with Gasteiger partial charge in [-0.05, 0) is 31.5 Å². The fourth-order valence-corrected chi connectivity index (χ4v) is 5.05. The number of esters is 2. The largest absolute Gasteiger partial charge is 0.465 e. The summed E-state index contributed by atoms with van der Waals surface area (Å²) in [5.41, 5.74) is -1.34. The third-order valence-electron chi connectivity index (χ3n) is 4.05. The SMILES string of the molecule is CCOC(=O)C1(C(=O)OCC)[C@H](c2ccc(Cl)cc2)[C@H]1S(C)(=O)=O. The lowest BCUT2D eigenvalue weighted by atomic mass is 9.99. The summed E-state index contributed by atoms with van der Waals surface area (Å²) in [5, 5.41) is -0.752. The molecule has 0 aromatic heterocycles.